The Labute approximate surface area is 227 Å². The van der Waals surface area contributed by atoms with Gasteiger partial charge in [-0.05, 0) is 47.5 Å². The van der Waals surface area contributed by atoms with Gasteiger partial charge in [0.15, 0.2) is 0 Å². The van der Waals surface area contributed by atoms with E-state index in [4.69, 9.17) is 6.85 Å². The van der Waals surface area contributed by atoms with Crippen LogP contribution in [0.1, 0.15) is 6.85 Å². The molecule has 0 saturated carbocycles. The lowest BCUT2D eigenvalue weighted by Gasteiger charge is -2.13. The van der Waals surface area contributed by atoms with Crippen LogP contribution >= 0.6 is 0 Å². The largest absolute Gasteiger partial charge is 0.307 e. The SMILES string of the molecule is [2H]c1c([2H])c([2H])c(-n2c3ccccc3c3ccc4c5ccccc5n(-c5cccc(-c6ccccc6)c5)c4c32)c([2H])c1[2H]. The fraction of sp³-hybridized carbons (Fsp3) is 0. The molecule has 8 aromatic rings. The van der Waals surface area contributed by atoms with E-state index in [9.17, 15) is 0 Å². The summed E-state index contributed by atoms with van der Waals surface area (Å²) in [7, 11) is 0. The molecule has 0 fully saturated rings. The van der Waals surface area contributed by atoms with Crippen molar-refractivity contribution in [1.29, 1.82) is 0 Å². The number of benzene rings is 6. The van der Waals surface area contributed by atoms with E-state index in [1.165, 1.54) is 0 Å². The van der Waals surface area contributed by atoms with Crippen molar-refractivity contribution in [3.05, 3.63) is 145 Å². The summed E-state index contributed by atoms with van der Waals surface area (Å²) in [4.78, 5) is 0. The Bertz CT molecular complexity index is 2370. The number of fused-ring (bicyclic) bond motifs is 7. The molecule has 2 aromatic heterocycles. The smallest absolute Gasteiger partial charge is 0.0788 e. The Morgan fingerprint density at radius 2 is 0.974 bits per heavy atom. The molecule has 6 aromatic carbocycles. The van der Waals surface area contributed by atoms with Crippen LogP contribution in [-0.2, 0) is 0 Å². The maximum Gasteiger partial charge on any atom is 0.0788 e. The average molecular weight is 490 g/mol. The topological polar surface area (TPSA) is 9.86 Å². The lowest BCUT2D eigenvalue weighted by molar-refractivity contribution is 1.15. The number of hydrogen-bond acceptors (Lipinski definition) is 0. The molecular formula is C36H24N2. The predicted molar refractivity (Wildman–Crippen MR) is 161 cm³/mol. The fourth-order valence-electron chi connectivity index (χ4n) is 5.81. The minimum Gasteiger partial charge on any atom is -0.307 e. The molecule has 0 aliphatic heterocycles. The van der Waals surface area contributed by atoms with Crippen LogP contribution in [0.5, 0.6) is 0 Å². The predicted octanol–water partition coefficient (Wildman–Crippen LogP) is 9.55. The third kappa shape index (κ3) is 3.01. The molecule has 0 saturated heterocycles. The standard InChI is InChI=1S/C36H24N2/c1-3-12-25(13-4-1)26-14-11-17-28(24-26)38-34-21-10-8-19-30(34)32-23-22-31-29-18-7-9-20-33(29)37(35(31)36(32)38)27-15-5-2-6-16-27/h1-24H/i2D,5D,6D,15D,16D. The van der Waals surface area contributed by atoms with E-state index < -0.39 is 6.04 Å². The van der Waals surface area contributed by atoms with Crippen LogP contribution in [0, 0.1) is 0 Å². The molecule has 0 spiro atoms. The van der Waals surface area contributed by atoms with Gasteiger partial charge in [0.25, 0.3) is 0 Å². The molecular weight excluding hydrogens is 460 g/mol. The first-order chi connectivity index (χ1) is 21.0. The van der Waals surface area contributed by atoms with E-state index in [1.54, 1.807) is 0 Å². The summed E-state index contributed by atoms with van der Waals surface area (Å²) >= 11 is 0. The molecule has 178 valence electrons. The number of nitrogens with zero attached hydrogens (tertiary/aromatic N) is 2. The Morgan fingerprint density at radius 3 is 1.63 bits per heavy atom. The molecule has 0 bridgehead atoms. The summed E-state index contributed by atoms with van der Waals surface area (Å²) in [5.41, 5.74) is 6.81. The normalized spacial score (nSPS) is 13.5. The van der Waals surface area contributed by atoms with Gasteiger partial charge in [0.1, 0.15) is 0 Å². The summed E-state index contributed by atoms with van der Waals surface area (Å²) in [6, 6.07) is 37.5. The first-order valence-corrected chi connectivity index (χ1v) is 12.6. The van der Waals surface area contributed by atoms with E-state index in [-0.39, 0.29) is 29.9 Å². The van der Waals surface area contributed by atoms with E-state index in [2.05, 4.69) is 65.2 Å². The molecule has 0 unspecified atom stereocenters. The van der Waals surface area contributed by atoms with Crippen molar-refractivity contribution in [3.8, 4) is 22.5 Å². The Kier molecular flexibility index (Phi) is 3.60. The molecule has 0 aliphatic rings. The van der Waals surface area contributed by atoms with Gasteiger partial charge in [0.2, 0.25) is 0 Å². The van der Waals surface area contributed by atoms with Crippen molar-refractivity contribution in [2.24, 2.45) is 0 Å². The van der Waals surface area contributed by atoms with Gasteiger partial charge >= 0.3 is 0 Å². The van der Waals surface area contributed by atoms with Gasteiger partial charge in [-0.3, -0.25) is 0 Å². The monoisotopic (exact) mass is 489 g/mol. The molecule has 0 amide bonds. The minimum atomic E-state index is -0.406. The molecule has 38 heavy (non-hydrogen) atoms. The van der Waals surface area contributed by atoms with Crippen LogP contribution in [0.25, 0.3) is 66.1 Å². The summed E-state index contributed by atoms with van der Waals surface area (Å²) in [5.74, 6) is 0. The average Bonchev–Trinajstić information content (AvgIpc) is 3.57. The van der Waals surface area contributed by atoms with Crippen LogP contribution < -0.4 is 0 Å². The highest BCUT2D eigenvalue weighted by Gasteiger charge is 2.20. The zero-order valence-electron chi connectivity index (χ0n) is 25.4. The molecule has 0 radical (unpaired) electrons. The summed E-state index contributed by atoms with van der Waals surface area (Å²) in [6.07, 6.45) is 0. The zero-order valence-corrected chi connectivity index (χ0v) is 20.4. The first-order valence-electron chi connectivity index (χ1n) is 15.1. The third-order valence-electron chi connectivity index (χ3n) is 7.39. The zero-order chi connectivity index (χ0) is 29.4. The molecule has 0 N–H and O–H groups in total. The lowest BCUT2D eigenvalue weighted by Crippen LogP contribution is -1.98. The van der Waals surface area contributed by atoms with Crippen molar-refractivity contribution in [1.82, 2.24) is 9.13 Å². The number of para-hydroxylation sites is 3. The molecule has 2 nitrogen and oxygen atoms in total. The van der Waals surface area contributed by atoms with E-state index in [1.807, 2.05) is 59.2 Å². The quantitative estimate of drug-likeness (QED) is 0.234. The number of hydrogen-bond donors (Lipinski definition) is 0. The number of rotatable bonds is 3. The lowest BCUT2D eigenvalue weighted by atomic mass is 10.1. The second-order valence-electron chi connectivity index (χ2n) is 9.45. The highest BCUT2D eigenvalue weighted by Crippen LogP contribution is 2.41. The molecule has 2 heterocycles. The van der Waals surface area contributed by atoms with Crippen molar-refractivity contribution in [2.75, 3.05) is 0 Å². The molecule has 0 aliphatic carbocycles. The summed E-state index contributed by atoms with van der Waals surface area (Å²) in [6.45, 7) is 0. The minimum absolute atomic E-state index is 0.138. The van der Waals surface area contributed by atoms with Gasteiger partial charge in [-0.2, -0.15) is 0 Å². The maximum atomic E-state index is 8.92. The van der Waals surface area contributed by atoms with Crippen molar-refractivity contribution in [3.63, 3.8) is 0 Å². The van der Waals surface area contributed by atoms with Crippen LogP contribution in [0.2, 0.25) is 0 Å². The van der Waals surface area contributed by atoms with Gasteiger partial charge in [0, 0.05) is 32.9 Å². The highest BCUT2D eigenvalue weighted by atomic mass is 15.0. The third-order valence-corrected chi connectivity index (χ3v) is 7.39. The second kappa shape index (κ2) is 8.22. The molecule has 0 atom stereocenters. The summed E-state index contributed by atoms with van der Waals surface area (Å²) in [5, 5.41) is 3.98. The second-order valence-corrected chi connectivity index (χ2v) is 9.45. The van der Waals surface area contributed by atoms with Crippen LogP contribution in [0.15, 0.2) is 145 Å². The van der Waals surface area contributed by atoms with Crippen LogP contribution in [0.3, 0.4) is 0 Å². The highest BCUT2D eigenvalue weighted by molar-refractivity contribution is 6.23. The van der Waals surface area contributed by atoms with E-state index in [0.29, 0.717) is 0 Å². The van der Waals surface area contributed by atoms with Gasteiger partial charge in [-0.25, -0.2) is 0 Å². The van der Waals surface area contributed by atoms with Gasteiger partial charge in [0.05, 0.1) is 28.9 Å². The van der Waals surface area contributed by atoms with Crippen LogP contribution in [0.4, 0.5) is 0 Å². The van der Waals surface area contributed by atoms with Crippen molar-refractivity contribution in [2.45, 2.75) is 0 Å². The fourth-order valence-corrected chi connectivity index (χ4v) is 5.81. The van der Waals surface area contributed by atoms with Gasteiger partial charge < -0.3 is 9.13 Å². The molecule has 8 rings (SSSR count). The van der Waals surface area contributed by atoms with E-state index >= 15 is 0 Å². The van der Waals surface area contributed by atoms with E-state index in [0.717, 1.165) is 60.4 Å². The Hall–Kier alpha value is -5.08. The maximum absolute atomic E-state index is 8.92. The summed E-state index contributed by atoms with van der Waals surface area (Å²) < 4.78 is 47.1. The van der Waals surface area contributed by atoms with Gasteiger partial charge in [-0.15, -0.1) is 0 Å². The van der Waals surface area contributed by atoms with Crippen LogP contribution in [-0.4, -0.2) is 9.13 Å². The van der Waals surface area contributed by atoms with Crippen molar-refractivity contribution >= 4 is 43.6 Å². The Morgan fingerprint density at radius 1 is 0.421 bits per heavy atom. The molecule has 2 heteroatoms. The first kappa shape index (κ1) is 16.6. The Balaban J connectivity index is 1.60. The number of aromatic nitrogens is 2. The van der Waals surface area contributed by atoms with Crippen molar-refractivity contribution < 1.29 is 6.85 Å². The van der Waals surface area contributed by atoms with Gasteiger partial charge in [-0.1, -0.05) is 109 Å².